The Kier molecular flexibility index (Phi) is 8.29. The number of imide groups is 1. The van der Waals surface area contributed by atoms with Gasteiger partial charge in [-0.25, -0.2) is 4.79 Å². The largest absolute Gasteiger partial charge is 0.465 e. The summed E-state index contributed by atoms with van der Waals surface area (Å²) in [6, 6.07) is 6.87. The maximum atomic E-state index is 13.3. The number of nitrogens with one attached hydrogen (secondary N) is 1. The Bertz CT molecular complexity index is 1320. The lowest BCUT2D eigenvalue weighted by molar-refractivity contribution is -0.384. The van der Waals surface area contributed by atoms with Gasteiger partial charge in [-0.15, -0.1) is 0 Å². The number of nitro groups is 1. The van der Waals surface area contributed by atoms with Crippen LogP contribution in [0.5, 0.6) is 0 Å². The lowest BCUT2D eigenvalue weighted by atomic mass is 9.93. The Morgan fingerprint density at radius 3 is 2.42 bits per heavy atom. The van der Waals surface area contributed by atoms with Crippen LogP contribution in [0.2, 0.25) is 0 Å². The number of nitrogens with zero attached hydrogens (tertiary/aromatic N) is 3. The molecule has 0 saturated carbocycles. The molecule has 3 rings (SSSR count). The summed E-state index contributed by atoms with van der Waals surface area (Å²) in [7, 11) is 0. The van der Waals surface area contributed by atoms with Gasteiger partial charge in [0.1, 0.15) is 18.7 Å². The molecule has 1 aliphatic heterocycles. The second kappa shape index (κ2) is 11.2. The van der Waals surface area contributed by atoms with Crippen LogP contribution in [0.4, 0.5) is 10.5 Å². The van der Waals surface area contributed by atoms with Gasteiger partial charge in [0.2, 0.25) is 5.91 Å². The van der Waals surface area contributed by atoms with Crippen LogP contribution in [-0.2, 0) is 19.1 Å². The summed E-state index contributed by atoms with van der Waals surface area (Å²) in [5.74, 6) is -3.12. The van der Waals surface area contributed by atoms with E-state index in [-0.39, 0.29) is 41.9 Å². The first-order valence-corrected chi connectivity index (χ1v) is 11.8. The molecule has 13 heteroatoms. The van der Waals surface area contributed by atoms with Crippen molar-refractivity contribution in [2.24, 2.45) is 0 Å². The lowest BCUT2D eigenvalue weighted by Gasteiger charge is -2.29. The Labute approximate surface area is 217 Å². The zero-order chi connectivity index (χ0) is 28.2. The molecule has 4 amide bonds. The minimum Gasteiger partial charge on any atom is -0.465 e. The molecule has 1 N–H and O–H groups in total. The van der Waals surface area contributed by atoms with E-state index in [0.717, 1.165) is 11.0 Å². The molecule has 2 aromatic rings. The summed E-state index contributed by atoms with van der Waals surface area (Å²) in [5.41, 5.74) is -1.05. The first-order chi connectivity index (χ1) is 17.8. The molecule has 1 aliphatic rings. The van der Waals surface area contributed by atoms with Crippen molar-refractivity contribution in [3.8, 4) is 0 Å². The number of nitro benzene ring substituents is 1. The molecule has 0 spiro atoms. The normalized spacial score (nSPS) is 12.8. The van der Waals surface area contributed by atoms with Crippen molar-refractivity contribution in [3.05, 3.63) is 51.6 Å². The van der Waals surface area contributed by atoms with Crippen molar-refractivity contribution in [2.45, 2.75) is 33.3 Å². The second-order valence-electron chi connectivity index (χ2n) is 9.40. The van der Waals surface area contributed by atoms with Gasteiger partial charge in [0.05, 0.1) is 17.1 Å². The van der Waals surface area contributed by atoms with E-state index in [0.29, 0.717) is 10.3 Å². The first-order valence-electron chi connectivity index (χ1n) is 11.8. The highest BCUT2D eigenvalue weighted by molar-refractivity contribution is 6.26. The number of hydrogen-bond acceptors (Lipinski definition) is 9. The van der Waals surface area contributed by atoms with Crippen molar-refractivity contribution in [2.75, 3.05) is 32.8 Å². The van der Waals surface area contributed by atoms with Gasteiger partial charge < -0.3 is 19.7 Å². The molecule has 1 heterocycles. The number of carbonyl (C=O) groups excluding carboxylic acids is 5. The summed E-state index contributed by atoms with van der Waals surface area (Å²) in [4.78, 5) is 76.2. The third-order valence-corrected chi connectivity index (χ3v) is 5.44. The van der Waals surface area contributed by atoms with Gasteiger partial charge in [-0.3, -0.25) is 34.2 Å². The average molecular weight is 529 g/mol. The van der Waals surface area contributed by atoms with Crippen LogP contribution in [0.25, 0.3) is 10.8 Å². The van der Waals surface area contributed by atoms with Gasteiger partial charge in [-0.2, -0.15) is 0 Å². The highest BCUT2D eigenvalue weighted by Gasteiger charge is 2.36. The number of benzene rings is 2. The van der Waals surface area contributed by atoms with Crippen molar-refractivity contribution in [1.82, 2.24) is 15.1 Å². The van der Waals surface area contributed by atoms with Gasteiger partial charge in [0.15, 0.2) is 0 Å². The number of esters is 1. The number of rotatable bonds is 9. The van der Waals surface area contributed by atoms with E-state index in [1.54, 1.807) is 33.8 Å². The summed E-state index contributed by atoms with van der Waals surface area (Å²) >= 11 is 0. The first kappa shape index (κ1) is 28.0. The van der Waals surface area contributed by atoms with Crippen LogP contribution in [-0.4, -0.2) is 82.9 Å². The summed E-state index contributed by atoms with van der Waals surface area (Å²) in [6.45, 7) is 5.25. The zero-order valence-electron chi connectivity index (χ0n) is 21.4. The van der Waals surface area contributed by atoms with E-state index in [2.05, 4.69) is 5.32 Å². The fraction of sp³-hybridized carbons (Fsp3) is 0.400. The molecule has 2 aromatic carbocycles. The number of carbonyl (C=O) groups is 5. The number of ether oxygens (including phenoxy) is 2. The molecule has 0 unspecified atom stereocenters. The summed E-state index contributed by atoms with van der Waals surface area (Å²) in [5, 5.41) is 14.5. The van der Waals surface area contributed by atoms with Gasteiger partial charge in [0, 0.05) is 36.2 Å². The molecule has 202 valence electrons. The van der Waals surface area contributed by atoms with E-state index in [1.807, 2.05) is 0 Å². The van der Waals surface area contributed by atoms with Crippen LogP contribution in [0.3, 0.4) is 0 Å². The Balaban J connectivity index is 1.82. The minimum absolute atomic E-state index is 0.0691. The van der Waals surface area contributed by atoms with E-state index in [4.69, 9.17) is 9.47 Å². The van der Waals surface area contributed by atoms with Crippen LogP contribution in [0.1, 0.15) is 48.4 Å². The van der Waals surface area contributed by atoms with Crippen molar-refractivity contribution < 1.29 is 38.4 Å². The third-order valence-electron chi connectivity index (χ3n) is 5.44. The van der Waals surface area contributed by atoms with Gasteiger partial charge >= 0.3 is 12.1 Å². The maximum Gasteiger partial charge on any atom is 0.407 e. The van der Waals surface area contributed by atoms with Gasteiger partial charge in [-0.1, -0.05) is 12.1 Å². The second-order valence-corrected chi connectivity index (χ2v) is 9.40. The van der Waals surface area contributed by atoms with E-state index < -0.39 is 53.4 Å². The zero-order valence-corrected chi connectivity index (χ0v) is 21.4. The van der Waals surface area contributed by atoms with Crippen molar-refractivity contribution in [1.29, 1.82) is 0 Å². The van der Waals surface area contributed by atoms with Crippen LogP contribution in [0.15, 0.2) is 30.3 Å². The molecule has 0 aromatic heterocycles. The molecule has 0 fully saturated rings. The minimum atomic E-state index is -0.876. The van der Waals surface area contributed by atoms with E-state index in [1.165, 1.54) is 18.2 Å². The molecule has 38 heavy (non-hydrogen) atoms. The van der Waals surface area contributed by atoms with E-state index >= 15 is 0 Å². The fourth-order valence-electron chi connectivity index (χ4n) is 3.89. The highest BCUT2D eigenvalue weighted by atomic mass is 16.6. The smallest absolute Gasteiger partial charge is 0.407 e. The predicted molar refractivity (Wildman–Crippen MR) is 133 cm³/mol. The van der Waals surface area contributed by atoms with Crippen molar-refractivity contribution >= 4 is 46.2 Å². The molecule has 0 atom stereocenters. The van der Waals surface area contributed by atoms with Crippen LogP contribution in [0, 0.1) is 10.1 Å². The third kappa shape index (κ3) is 6.41. The maximum absolute atomic E-state index is 13.3. The van der Waals surface area contributed by atoms with Crippen LogP contribution >= 0.6 is 0 Å². The monoisotopic (exact) mass is 528 g/mol. The molecule has 0 saturated heterocycles. The summed E-state index contributed by atoms with van der Waals surface area (Å²) < 4.78 is 10.1. The Morgan fingerprint density at radius 2 is 1.79 bits per heavy atom. The van der Waals surface area contributed by atoms with Gasteiger partial charge in [0.25, 0.3) is 17.5 Å². The van der Waals surface area contributed by atoms with Crippen LogP contribution < -0.4 is 5.32 Å². The molecule has 0 aliphatic carbocycles. The number of alkyl carbamates (subject to hydrolysis) is 1. The molecule has 0 bridgehead atoms. The standard InChI is InChI=1S/C25H28N4O9/c1-5-37-20(31)14-27(10-9-26-24(34)38-25(2,3)4)19(30)13-28-22(32)17-8-6-7-15-11-16(29(35)36)12-18(21(15)17)23(28)33/h6-8,11-12H,5,9-10,13-14H2,1-4H3,(H,26,34). The molecular weight excluding hydrogens is 500 g/mol. The molecular formula is C25H28N4O9. The average Bonchev–Trinajstić information content (AvgIpc) is 2.82. The van der Waals surface area contributed by atoms with E-state index in [9.17, 15) is 34.1 Å². The SMILES string of the molecule is CCOC(=O)CN(CCNC(=O)OC(C)(C)C)C(=O)CN1C(=O)c2cccc3cc([N+](=O)[O-])cc(c23)C1=O. The topological polar surface area (TPSA) is 165 Å². The Hall–Kier alpha value is -4.55. The fourth-order valence-corrected chi connectivity index (χ4v) is 3.89. The predicted octanol–water partition coefficient (Wildman–Crippen LogP) is 2.26. The lowest BCUT2D eigenvalue weighted by Crippen LogP contribution is -2.50. The highest BCUT2D eigenvalue weighted by Crippen LogP contribution is 2.33. The number of amides is 4. The van der Waals surface area contributed by atoms with Gasteiger partial charge in [-0.05, 0) is 39.1 Å². The quantitative estimate of drug-likeness (QED) is 0.222. The number of hydrogen-bond donors (Lipinski definition) is 1. The molecule has 13 nitrogen and oxygen atoms in total. The molecule has 0 radical (unpaired) electrons. The number of non-ortho nitro benzene ring substituents is 1. The Morgan fingerprint density at radius 1 is 1.11 bits per heavy atom. The summed E-state index contributed by atoms with van der Waals surface area (Å²) in [6.07, 6.45) is -0.728. The van der Waals surface area contributed by atoms with Crippen molar-refractivity contribution in [3.63, 3.8) is 0 Å².